The molecule has 0 radical (unpaired) electrons. The monoisotopic (exact) mass is 320 g/mol. The van der Waals surface area contributed by atoms with Gasteiger partial charge in [0.1, 0.15) is 11.3 Å². The Balaban J connectivity index is 1.91. The average molecular weight is 320 g/mol. The van der Waals surface area contributed by atoms with Gasteiger partial charge in [0, 0.05) is 17.6 Å². The largest absolute Gasteiger partial charge is 0.506 e. The number of rotatable bonds is 2. The highest BCUT2D eigenvalue weighted by Gasteiger charge is 2.25. The fourth-order valence-corrected chi connectivity index (χ4v) is 3.34. The van der Waals surface area contributed by atoms with Gasteiger partial charge in [-0.1, -0.05) is 30.3 Å². The number of carbonyl (C=O) groups excluding carboxylic acids is 1. The number of aryl methyl sites for hydroxylation is 2. The van der Waals surface area contributed by atoms with Crippen molar-refractivity contribution in [2.75, 3.05) is 5.32 Å². The molecule has 2 heterocycles. The van der Waals surface area contributed by atoms with Crippen molar-refractivity contribution in [2.45, 2.75) is 19.4 Å². The first kappa shape index (κ1) is 14.5. The van der Waals surface area contributed by atoms with Gasteiger partial charge in [0.25, 0.3) is 11.5 Å². The second-order valence-corrected chi connectivity index (χ2v) is 5.92. The van der Waals surface area contributed by atoms with E-state index in [2.05, 4.69) is 5.32 Å². The zero-order valence-electron chi connectivity index (χ0n) is 13.0. The number of hydrogen-bond acceptors (Lipinski definition) is 3. The van der Waals surface area contributed by atoms with E-state index in [1.54, 1.807) is 34.9 Å². The zero-order valence-corrected chi connectivity index (χ0v) is 13.0. The summed E-state index contributed by atoms with van der Waals surface area (Å²) >= 11 is 0. The predicted octanol–water partition coefficient (Wildman–Crippen LogP) is 2.91. The number of nitrogens with one attached hydrogen (secondary N) is 1. The van der Waals surface area contributed by atoms with Crippen molar-refractivity contribution in [3.05, 3.63) is 70.0 Å². The van der Waals surface area contributed by atoms with Crippen LogP contribution in [0.5, 0.6) is 5.75 Å². The molecule has 0 aliphatic carbocycles. The quantitative estimate of drug-likeness (QED) is 0.762. The van der Waals surface area contributed by atoms with E-state index in [-0.39, 0.29) is 11.3 Å². The fraction of sp³-hybridized carbons (Fsp3) is 0.158. The number of carbonyl (C=O) groups is 1. The first-order valence-corrected chi connectivity index (χ1v) is 7.90. The molecular formula is C19H16N2O3. The van der Waals surface area contributed by atoms with E-state index in [0.29, 0.717) is 17.6 Å². The first-order chi connectivity index (χ1) is 11.7. The van der Waals surface area contributed by atoms with Crippen molar-refractivity contribution in [1.82, 2.24) is 4.57 Å². The Hall–Kier alpha value is -3.08. The number of nitrogens with zero attached hydrogens (tertiary/aromatic N) is 1. The highest BCUT2D eigenvalue weighted by Crippen LogP contribution is 2.31. The van der Waals surface area contributed by atoms with Crippen molar-refractivity contribution in [3.63, 3.8) is 0 Å². The fourth-order valence-electron chi connectivity index (χ4n) is 3.34. The normalized spacial score (nSPS) is 13.0. The van der Waals surface area contributed by atoms with Gasteiger partial charge in [-0.2, -0.15) is 0 Å². The second-order valence-electron chi connectivity index (χ2n) is 5.92. The Morgan fingerprint density at radius 1 is 1.08 bits per heavy atom. The van der Waals surface area contributed by atoms with Crippen LogP contribution in [0.1, 0.15) is 22.3 Å². The molecule has 5 heteroatoms. The summed E-state index contributed by atoms with van der Waals surface area (Å²) in [6.07, 6.45) is 1.71. The minimum atomic E-state index is -0.592. The maximum absolute atomic E-state index is 12.8. The lowest BCUT2D eigenvalue weighted by Gasteiger charge is -2.21. The number of para-hydroxylation sites is 2. The molecule has 1 aliphatic heterocycles. The summed E-state index contributed by atoms with van der Waals surface area (Å²) < 4.78 is 1.60. The lowest BCUT2D eigenvalue weighted by Crippen LogP contribution is -2.31. The van der Waals surface area contributed by atoms with Gasteiger partial charge >= 0.3 is 0 Å². The third-order valence-electron chi connectivity index (χ3n) is 4.43. The van der Waals surface area contributed by atoms with Crippen LogP contribution in [0.3, 0.4) is 0 Å². The first-order valence-electron chi connectivity index (χ1n) is 7.90. The summed E-state index contributed by atoms with van der Waals surface area (Å²) in [5.74, 6) is -0.839. The van der Waals surface area contributed by atoms with Gasteiger partial charge in [-0.15, -0.1) is 0 Å². The Morgan fingerprint density at radius 3 is 2.67 bits per heavy atom. The topological polar surface area (TPSA) is 71.3 Å². The maximum Gasteiger partial charge on any atom is 0.267 e. The standard InChI is InChI=1S/C19H16N2O3/c22-17-14-10-4-6-12-7-5-11-21(16(12)14)19(24)15(17)18(23)20-13-8-2-1-3-9-13/h1-4,6,8-10,22H,5,7,11H2,(H,20,23). The van der Waals surface area contributed by atoms with Crippen LogP contribution in [0, 0.1) is 0 Å². The van der Waals surface area contributed by atoms with E-state index < -0.39 is 11.5 Å². The van der Waals surface area contributed by atoms with Crippen molar-refractivity contribution < 1.29 is 9.90 Å². The second kappa shape index (κ2) is 5.53. The molecule has 1 aliphatic rings. The predicted molar refractivity (Wildman–Crippen MR) is 92.6 cm³/mol. The van der Waals surface area contributed by atoms with E-state index in [0.717, 1.165) is 23.9 Å². The van der Waals surface area contributed by atoms with E-state index in [1.807, 2.05) is 18.2 Å². The SMILES string of the molecule is O=C(Nc1ccccc1)c1c(O)c2cccc3c2n(c1=O)CCC3. The third kappa shape index (κ3) is 2.17. The van der Waals surface area contributed by atoms with Crippen LogP contribution in [0.25, 0.3) is 10.9 Å². The summed E-state index contributed by atoms with van der Waals surface area (Å²) in [7, 11) is 0. The molecule has 2 N–H and O–H groups in total. The van der Waals surface area contributed by atoms with Crippen LogP contribution in [0.2, 0.25) is 0 Å². The molecule has 0 saturated heterocycles. The molecule has 120 valence electrons. The van der Waals surface area contributed by atoms with E-state index in [9.17, 15) is 14.7 Å². The Morgan fingerprint density at radius 2 is 1.88 bits per heavy atom. The van der Waals surface area contributed by atoms with Gasteiger partial charge in [-0.3, -0.25) is 9.59 Å². The van der Waals surface area contributed by atoms with Crippen LogP contribution < -0.4 is 10.9 Å². The average Bonchev–Trinajstić information content (AvgIpc) is 2.60. The molecule has 0 spiro atoms. The van der Waals surface area contributed by atoms with Gasteiger partial charge in [-0.05, 0) is 36.6 Å². The molecular weight excluding hydrogens is 304 g/mol. The highest BCUT2D eigenvalue weighted by molar-refractivity contribution is 6.09. The number of pyridine rings is 1. The summed E-state index contributed by atoms with van der Waals surface area (Å²) in [5, 5.41) is 13.8. The molecule has 0 saturated carbocycles. The van der Waals surface area contributed by atoms with Gasteiger partial charge < -0.3 is 15.0 Å². The van der Waals surface area contributed by atoms with Crippen molar-refractivity contribution in [1.29, 1.82) is 0 Å². The van der Waals surface area contributed by atoms with Crippen molar-refractivity contribution in [2.24, 2.45) is 0 Å². The van der Waals surface area contributed by atoms with Crippen LogP contribution in [0.15, 0.2) is 53.3 Å². The van der Waals surface area contributed by atoms with E-state index >= 15 is 0 Å². The summed E-state index contributed by atoms with van der Waals surface area (Å²) in [5.41, 5.74) is 1.70. The maximum atomic E-state index is 12.8. The van der Waals surface area contributed by atoms with Crippen LogP contribution in [-0.4, -0.2) is 15.6 Å². The number of benzene rings is 2. The molecule has 0 bridgehead atoms. The van der Waals surface area contributed by atoms with Gasteiger partial charge in [0.05, 0.1) is 5.52 Å². The molecule has 2 aromatic carbocycles. The third-order valence-corrected chi connectivity index (χ3v) is 4.43. The van der Waals surface area contributed by atoms with E-state index in [1.165, 1.54) is 0 Å². The molecule has 3 aromatic rings. The van der Waals surface area contributed by atoms with Crippen LogP contribution >= 0.6 is 0 Å². The van der Waals surface area contributed by atoms with Gasteiger partial charge in [0.2, 0.25) is 0 Å². The number of amides is 1. The summed E-state index contributed by atoms with van der Waals surface area (Å²) in [4.78, 5) is 25.4. The minimum absolute atomic E-state index is 0.203. The highest BCUT2D eigenvalue weighted by atomic mass is 16.3. The molecule has 0 unspecified atom stereocenters. The van der Waals surface area contributed by atoms with Crippen molar-refractivity contribution >= 4 is 22.5 Å². The molecule has 0 atom stereocenters. The lowest BCUT2D eigenvalue weighted by atomic mass is 9.99. The van der Waals surface area contributed by atoms with E-state index in [4.69, 9.17) is 0 Å². The molecule has 1 aromatic heterocycles. The molecule has 1 amide bonds. The number of hydrogen-bond donors (Lipinski definition) is 2. The van der Waals surface area contributed by atoms with Crippen molar-refractivity contribution in [3.8, 4) is 5.75 Å². The minimum Gasteiger partial charge on any atom is -0.506 e. The number of aromatic hydroxyl groups is 1. The summed E-state index contributed by atoms with van der Waals surface area (Å²) in [6, 6.07) is 14.4. The van der Waals surface area contributed by atoms with Crippen LogP contribution in [-0.2, 0) is 13.0 Å². The molecule has 4 rings (SSSR count). The zero-order chi connectivity index (χ0) is 16.7. The Bertz CT molecular complexity index is 1010. The Labute approximate surface area is 138 Å². The van der Waals surface area contributed by atoms with Gasteiger partial charge in [-0.25, -0.2) is 0 Å². The number of anilines is 1. The molecule has 5 nitrogen and oxygen atoms in total. The lowest BCUT2D eigenvalue weighted by molar-refractivity contribution is 0.102. The van der Waals surface area contributed by atoms with Crippen LogP contribution in [0.4, 0.5) is 5.69 Å². The number of aromatic nitrogens is 1. The molecule has 0 fully saturated rings. The molecule has 24 heavy (non-hydrogen) atoms. The summed E-state index contributed by atoms with van der Waals surface area (Å²) in [6.45, 7) is 0.554. The smallest absolute Gasteiger partial charge is 0.267 e. The van der Waals surface area contributed by atoms with Gasteiger partial charge in [0.15, 0.2) is 0 Å². The Kier molecular flexibility index (Phi) is 3.34.